The van der Waals surface area contributed by atoms with E-state index in [1.54, 1.807) is 4.52 Å². The van der Waals surface area contributed by atoms with Gasteiger partial charge in [0.25, 0.3) is 5.78 Å². The number of hydrogen-bond donors (Lipinski definition) is 1. The molecule has 0 spiro atoms. The summed E-state index contributed by atoms with van der Waals surface area (Å²) in [5, 5.41) is 8.52. The molecule has 1 fully saturated rings. The van der Waals surface area contributed by atoms with Crippen LogP contribution in [0, 0.1) is 13.8 Å². The first-order valence-electron chi connectivity index (χ1n) is 7.85. The van der Waals surface area contributed by atoms with Crippen LogP contribution >= 0.6 is 0 Å². The second kappa shape index (κ2) is 5.09. The number of nitrogens with two attached hydrogens (primary N) is 1. The van der Waals surface area contributed by atoms with Gasteiger partial charge in [0.2, 0.25) is 5.89 Å². The Labute approximate surface area is 133 Å². The second-order valence-electron chi connectivity index (χ2n) is 6.33. The van der Waals surface area contributed by atoms with Crippen molar-refractivity contribution in [3.05, 3.63) is 35.0 Å². The lowest BCUT2D eigenvalue weighted by molar-refractivity contribution is 0.351. The molecule has 4 rings (SSSR count). The fourth-order valence-electron chi connectivity index (χ4n) is 3.18. The Morgan fingerprint density at radius 3 is 2.78 bits per heavy atom. The molecule has 0 saturated heterocycles. The van der Waals surface area contributed by atoms with Crippen LogP contribution in [0.15, 0.2) is 10.6 Å². The van der Waals surface area contributed by atoms with Crippen molar-refractivity contribution in [3.63, 3.8) is 0 Å². The lowest BCUT2D eigenvalue weighted by Gasteiger charge is -2.17. The third-order valence-electron chi connectivity index (χ3n) is 4.38. The van der Waals surface area contributed by atoms with Crippen LogP contribution in [0.2, 0.25) is 0 Å². The fourth-order valence-corrected chi connectivity index (χ4v) is 3.18. The summed E-state index contributed by atoms with van der Waals surface area (Å²) < 4.78 is 7.07. The SMILES string of the molecule is Cc1cc(C)n2nc(Cc3nc(C4(N)CCCC4)no3)nc2n1. The first kappa shape index (κ1) is 14.3. The van der Waals surface area contributed by atoms with Crippen molar-refractivity contribution in [2.45, 2.75) is 51.5 Å². The van der Waals surface area contributed by atoms with Crippen molar-refractivity contribution in [3.8, 4) is 0 Å². The summed E-state index contributed by atoms with van der Waals surface area (Å²) in [7, 11) is 0. The van der Waals surface area contributed by atoms with Crippen LogP contribution in [0.4, 0.5) is 0 Å². The lowest BCUT2D eigenvalue weighted by Crippen LogP contribution is -2.34. The molecule has 1 saturated carbocycles. The van der Waals surface area contributed by atoms with Gasteiger partial charge in [-0.25, -0.2) is 9.50 Å². The summed E-state index contributed by atoms with van der Waals surface area (Å²) in [6.45, 7) is 3.91. The molecule has 3 aromatic heterocycles. The minimum atomic E-state index is -0.441. The molecule has 0 atom stereocenters. The molecule has 23 heavy (non-hydrogen) atoms. The molecule has 3 heterocycles. The Morgan fingerprint density at radius 2 is 2.00 bits per heavy atom. The first-order valence-corrected chi connectivity index (χ1v) is 7.85. The molecule has 0 radical (unpaired) electrons. The number of nitrogens with zero attached hydrogens (tertiary/aromatic N) is 6. The molecule has 120 valence electrons. The smallest absolute Gasteiger partial charge is 0.252 e. The fraction of sp³-hybridized carbons (Fsp3) is 0.533. The zero-order valence-corrected chi connectivity index (χ0v) is 13.3. The molecule has 1 aliphatic carbocycles. The van der Waals surface area contributed by atoms with Crippen LogP contribution in [0.1, 0.15) is 54.6 Å². The van der Waals surface area contributed by atoms with Gasteiger partial charge in [-0.15, -0.1) is 5.10 Å². The van der Waals surface area contributed by atoms with Crippen LogP contribution in [0.3, 0.4) is 0 Å². The van der Waals surface area contributed by atoms with E-state index in [1.165, 1.54) is 0 Å². The zero-order valence-electron chi connectivity index (χ0n) is 13.3. The Bertz CT molecular complexity index is 860. The molecule has 0 amide bonds. The van der Waals surface area contributed by atoms with E-state index in [0.29, 0.717) is 29.7 Å². The highest BCUT2D eigenvalue weighted by Gasteiger charge is 2.36. The number of hydrogen-bond acceptors (Lipinski definition) is 7. The minimum Gasteiger partial charge on any atom is -0.339 e. The quantitative estimate of drug-likeness (QED) is 0.779. The Kier molecular flexibility index (Phi) is 3.15. The highest BCUT2D eigenvalue weighted by Crippen LogP contribution is 2.34. The highest BCUT2D eigenvalue weighted by molar-refractivity contribution is 5.31. The van der Waals surface area contributed by atoms with Gasteiger partial charge in [0.05, 0.1) is 12.0 Å². The summed E-state index contributed by atoms with van der Waals surface area (Å²) >= 11 is 0. The van der Waals surface area contributed by atoms with Crippen LogP contribution < -0.4 is 5.73 Å². The maximum Gasteiger partial charge on any atom is 0.252 e. The van der Waals surface area contributed by atoms with Crippen molar-refractivity contribution >= 4 is 5.78 Å². The van der Waals surface area contributed by atoms with Crippen molar-refractivity contribution < 1.29 is 4.52 Å². The molecule has 0 aliphatic heterocycles. The molecule has 2 N–H and O–H groups in total. The van der Waals surface area contributed by atoms with Gasteiger partial charge >= 0.3 is 0 Å². The second-order valence-corrected chi connectivity index (χ2v) is 6.33. The monoisotopic (exact) mass is 313 g/mol. The third kappa shape index (κ3) is 2.48. The molecule has 8 nitrogen and oxygen atoms in total. The van der Waals surface area contributed by atoms with Crippen molar-refractivity contribution in [2.24, 2.45) is 5.73 Å². The van der Waals surface area contributed by atoms with Gasteiger partial charge in [-0.05, 0) is 32.8 Å². The summed E-state index contributed by atoms with van der Waals surface area (Å²) in [4.78, 5) is 13.3. The van der Waals surface area contributed by atoms with Crippen LogP contribution in [0.5, 0.6) is 0 Å². The predicted octanol–water partition coefficient (Wildman–Crippen LogP) is 1.44. The van der Waals surface area contributed by atoms with E-state index >= 15 is 0 Å². The highest BCUT2D eigenvalue weighted by atomic mass is 16.5. The number of fused-ring (bicyclic) bond motifs is 1. The molecule has 8 heteroatoms. The Hall–Kier alpha value is -2.35. The van der Waals surface area contributed by atoms with E-state index in [2.05, 4.69) is 25.2 Å². The van der Waals surface area contributed by atoms with Crippen molar-refractivity contribution in [1.82, 2.24) is 29.7 Å². The van der Waals surface area contributed by atoms with Crippen LogP contribution in [0.25, 0.3) is 5.78 Å². The van der Waals surface area contributed by atoms with Gasteiger partial charge in [-0.1, -0.05) is 18.0 Å². The van der Waals surface area contributed by atoms with Crippen molar-refractivity contribution in [2.75, 3.05) is 0 Å². The molecule has 0 bridgehead atoms. The molecular formula is C15H19N7O. The average molecular weight is 313 g/mol. The largest absolute Gasteiger partial charge is 0.339 e. The number of rotatable bonds is 3. The van der Waals surface area contributed by atoms with E-state index in [4.69, 9.17) is 10.3 Å². The summed E-state index contributed by atoms with van der Waals surface area (Å²) in [6, 6.07) is 1.97. The van der Waals surface area contributed by atoms with Gasteiger partial charge in [0, 0.05) is 11.4 Å². The average Bonchev–Trinajstić information content (AvgIpc) is 3.19. The summed E-state index contributed by atoms with van der Waals surface area (Å²) in [5.41, 5.74) is 7.82. The molecule has 1 aliphatic rings. The van der Waals surface area contributed by atoms with E-state index < -0.39 is 5.54 Å². The van der Waals surface area contributed by atoms with E-state index in [9.17, 15) is 0 Å². The summed E-state index contributed by atoms with van der Waals surface area (Å²) in [6.07, 6.45) is 4.41. The van der Waals surface area contributed by atoms with Crippen LogP contribution in [-0.4, -0.2) is 29.7 Å². The molecular weight excluding hydrogens is 294 g/mol. The topological polar surface area (TPSA) is 108 Å². The number of aromatic nitrogens is 6. The minimum absolute atomic E-state index is 0.380. The Balaban J connectivity index is 1.61. The normalized spacial score (nSPS) is 17.2. The van der Waals surface area contributed by atoms with Gasteiger partial charge in [-0.2, -0.15) is 9.97 Å². The third-order valence-corrected chi connectivity index (χ3v) is 4.38. The van der Waals surface area contributed by atoms with E-state index in [-0.39, 0.29) is 0 Å². The van der Waals surface area contributed by atoms with E-state index in [0.717, 1.165) is 37.1 Å². The van der Waals surface area contributed by atoms with Gasteiger partial charge in [0.1, 0.15) is 0 Å². The van der Waals surface area contributed by atoms with Crippen molar-refractivity contribution in [1.29, 1.82) is 0 Å². The maximum absolute atomic E-state index is 6.35. The summed E-state index contributed by atoms with van der Waals surface area (Å²) in [5.74, 6) is 2.28. The number of aryl methyl sites for hydroxylation is 2. The molecule has 0 aromatic carbocycles. The first-order chi connectivity index (χ1) is 11.0. The lowest BCUT2D eigenvalue weighted by atomic mass is 9.99. The van der Waals surface area contributed by atoms with Gasteiger partial charge < -0.3 is 10.3 Å². The van der Waals surface area contributed by atoms with Crippen LogP contribution in [-0.2, 0) is 12.0 Å². The predicted molar refractivity (Wildman–Crippen MR) is 81.7 cm³/mol. The van der Waals surface area contributed by atoms with Gasteiger partial charge in [0.15, 0.2) is 11.6 Å². The maximum atomic E-state index is 6.35. The molecule has 0 unspecified atom stereocenters. The standard InChI is InChI=1S/C15H19N7O/c1-9-7-10(2)22-14(17-9)18-11(20-22)8-12-19-13(21-23-12)15(16)5-3-4-6-15/h7H,3-6,8,16H2,1-2H3. The van der Waals surface area contributed by atoms with E-state index in [1.807, 2.05) is 19.9 Å². The molecule has 3 aromatic rings. The Morgan fingerprint density at radius 1 is 1.22 bits per heavy atom. The van der Waals surface area contributed by atoms with Gasteiger partial charge in [-0.3, -0.25) is 0 Å². The zero-order chi connectivity index (χ0) is 16.0.